The molecular formula is C18H27IN6S. The first-order valence-electron chi connectivity index (χ1n) is 8.53. The van der Waals surface area contributed by atoms with Crippen LogP contribution in [0.1, 0.15) is 5.56 Å². The third-order valence-corrected chi connectivity index (χ3v) is 5.26. The lowest BCUT2D eigenvalue weighted by atomic mass is 10.2. The van der Waals surface area contributed by atoms with E-state index in [2.05, 4.69) is 48.7 Å². The lowest BCUT2D eigenvalue weighted by Crippen LogP contribution is -2.52. The molecule has 0 unspecified atom stereocenters. The van der Waals surface area contributed by atoms with E-state index in [9.17, 15) is 0 Å². The van der Waals surface area contributed by atoms with Gasteiger partial charge in [-0.3, -0.25) is 4.99 Å². The second kappa shape index (κ2) is 9.96. The zero-order valence-corrected chi connectivity index (χ0v) is 18.7. The number of aliphatic imine (C=N–C) groups is 1. The quantitative estimate of drug-likeness (QED) is 0.409. The van der Waals surface area contributed by atoms with Gasteiger partial charge in [-0.1, -0.05) is 0 Å². The molecule has 2 aromatic heterocycles. The molecule has 2 aromatic rings. The first-order chi connectivity index (χ1) is 12.2. The number of hydrogen-bond acceptors (Lipinski definition) is 5. The minimum absolute atomic E-state index is 0. The molecule has 0 spiro atoms. The van der Waals surface area contributed by atoms with Gasteiger partial charge in [0.05, 0.1) is 5.00 Å². The monoisotopic (exact) mass is 486 g/mol. The van der Waals surface area contributed by atoms with Gasteiger partial charge in [-0.2, -0.15) is 0 Å². The van der Waals surface area contributed by atoms with E-state index < -0.39 is 0 Å². The standard InChI is InChI=1S/C18H26N6S.HI/c1-19-18(21-14-15-6-7-20-16(13-15)22(2)3)24-10-8-23(9-11-24)17-5-4-12-25-17;/h4-7,12-13H,8-11,14H2,1-3H3,(H,19,21);1H. The smallest absolute Gasteiger partial charge is 0.194 e. The maximum absolute atomic E-state index is 4.46. The number of aromatic nitrogens is 1. The molecule has 6 nitrogen and oxygen atoms in total. The molecule has 0 radical (unpaired) electrons. The molecule has 1 saturated heterocycles. The summed E-state index contributed by atoms with van der Waals surface area (Å²) < 4.78 is 0. The van der Waals surface area contributed by atoms with Crippen LogP contribution >= 0.6 is 35.3 Å². The van der Waals surface area contributed by atoms with Gasteiger partial charge in [0.1, 0.15) is 5.82 Å². The summed E-state index contributed by atoms with van der Waals surface area (Å²) >= 11 is 1.81. The van der Waals surface area contributed by atoms with Crippen LogP contribution in [0.2, 0.25) is 0 Å². The number of piperazine rings is 1. The Hall–Kier alpha value is -1.55. The van der Waals surface area contributed by atoms with Crippen molar-refractivity contribution in [3.63, 3.8) is 0 Å². The first-order valence-corrected chi connectivity index (χ1v) is 9.41. The van der Waals surface area contributed by atoms with Crippen molar-refractivity contribution < 1.29 is 0 Å². The van der Waals surface area contributed by atoms with Gasteiger partial charge in [-0.15, -0.1) is 35.3 Å². The minimum atomic E-state index is 0. The van der Waals surface area contributed by atoms with E-state index in [4.69, 9.17) is 0 Å². The fourth-order valence-corrected chi connectivity index (χ4v) is 3.70. The number of guanidine groups is 1. The molecule has 1 fully saturated rings. The molecule has 142 valence electrons. The van der Waals surface area contributed by atoms with Crippen molar-refractivity contribution in [1.82, 2.24) is 15.2 Å². The van der Waals surface area contributed by atoms with E-state index in [0.717, 1.165) is 44.5 Å². The van der Waals surface area contributed by atoms with Gasteiger partial charge in [-0.25, -0.2) is 4.98 Å². The average molecular weight is 486 g/mol. The van der Waals surface area contributed by atoms with Gasteiger partial charge in [-0.05, 0) is 35.2 Å². The molecule has 0 saturated carbocycles. The highest BCUT2D eigenvalue weighted by molar-refractivity contribution is 14.0. The summed E-state index contributed by atoms with van der Waals surface area (Å²) in [5.74, 6) is 1.94. The van der Waals surface area contributed by atoms with Crippen LogP contribution in [0.4, 0.5) is 10.8 Å². The van der Waals surface area contributed by atoms with Crippen LogP contribution in [0.25, 0.3) is 0 Å². The Morgan fingerprint density at radius 3 is 2.65 bits per heavy atom. The van der Waals surface area contributed by atoms with Gasteiger partial charge in [0.15, 0.2) is 5.96 Å². The molecule has 0 aromatic carbocycles. The Bertz CT molecular complexity index is 695. The van der Waals surface area contributed by atoms with E-state index in [1.807, 2.05) is 49.6 Å². The first kappa shape index (κ1) is 20.8. The molecule has 0 bridgehead atoms. The van der Waals surface area contributed by atoms with Crippen molar-refractivity contribution in [1.29, 1.82) is 0 Å². The Labute approximate surface area is 176 Å². The van der Waals surface area contributed by atoms with E-state index >= 15 is 0 Å². The number of thiophene rings is 1. The number of pyridine rings is 1. The zero-order valence-electron chi connectivity index (χ0n) is 15.6. The van der Waals surface area contributed by atoms with Crippen LogP contribution in [0, 0.1) is 0 Å². The van der Waals surface area contributed by atoms with E-state index in [0.29, 0.717) is 0 Å². The van der Waals surface area contributed by atoms with Gasteiger partial charge in [0.25, 0.3) is 0 Å². The number of nitrogens with zero attached hydrogens (tertiary/aromatic N) is 5. The molecule has 1 aliphatic rings. The van der Waals surface area contributed by atoms with Gasteiger partial charge >= 0.3 is 0 Å². The van der Waals surface area contributed by atoms with Crippen LogP contribution in [0.3, 0.4) is 0 Å². The second-order valence-corrected chi connectivity index (χ2v) is 7.17. The van der Waals surface area contributed by atoms with E-state index in [1.54, 1.807) is 0 Å². The Morgan fingerprint density at radius 1 is 1.27 bits per heavy atom. The van der Waals surface area contributed by atoms with Crippen molar-refractivity contribution in [3.05, 3.63) is 41.4 Å². The molecular weight excluding hydrogens is 459 g/mol. The largest absolute Gasteiger partial charge is 0.363 e. The Kier molecular flexibility index (Phi) is 7.95. The van der Waals surface area contributed by atoms with Crippen molar-refractivity contribution in [2.75, 3.05) is 57.1 Å². The topological polar surface area (TPSA) is 47.0 Å². The molecule has 26 heavy (non-hydrogen) atoms. The summed E-state index contributed by atoms with van der Waals surface area (Å²) in [7, 11) is 5.86. The minimum Gasteiger partial charge on any atom is -0.363 e. The number of rotatable bonds is 4. The van der Waals surface area contributed by atoms with Gasteiger partial charge < -0.3 is 20.0 Å². The van der Waals surface area contributed by atoms with Crippen LogP contribution < -0.4 is 15.1 Å². The number of anilines is 2. The maximum atomic E-state index is 4.46. The molecule has 8 heteroatoms. The summed E-state index contributed by atoms with van der Waals surface area (Å²) in [6.45, 7) is 4.78. The van der Waals surface area contributed by atoms with Gasteiger partial charge in [0.2, 0.25) is 0 Å². The third kappa shape index (κ3) is 5.23. The fourth-order valence-electron chi connectivity index (χ4n) is 2.92. The average Bonchev–Trinajstić information content (AvgIpc) is 3.18. The lowest BCUT2D eigenvalue weighted by Gasteiger charge is -2.37. The van der Waals surface area contributed by atoms with Crippen molar-refractivity contribution in [2.45, 2.75) is 6.54 Å². The Morgan fingerprint density at radius 2 is 2.04 bits per heavy atom. The highest BCUT2D eigenvalue weighted by atomic mass is 127. The van der Waals surface area contributed by atoms with Crippen LogP contribution in [-0.4, -0.2) is 63.2 Å². The van der Waals surface area contributed by atoms with Crippen LogP contribution in [0.15, 0.2) is 40.8 Å². The van der Waals surface area contributed by atoms with Crippen LogP contribution in [-0.2, 0) is 6.54 Å². The molecule has 1 aliphatic heterocycles. The summed E-state index contributed by atoms with van der Waals surface area (Å²) in [4.78, 5) is 15.6. The number of hydrogen-bond donors (Lipinski definition) is 1. The molecule has 3 rings (SSSR count). The summed E-state index contributed by atoms with van der Waals surface area (Å²) in [5, 5.41) is 6.98. The third-order valence-electron chi connectivity index (χ3n) is 4.33. The Balaban J connectivity index is 0.00000243. The van der Waals surface area contributed by atoms with Crippen molar-refractivity contribution in [2.24, 2.45) is 4.99 Å². The number of halogens is 1. The van der Waals surface area contributed by atoms with Crippen LogP contribution in [0.5, 0.6) is 0 Å². The summed E-state index contributed by atoms with van der Waals surface area (Å²) in [5.41, 5.74) is 1.21. The highest BCUT2D eigenvalue weighted by Crippen LogP contribution is 2.22. The maximum Gasteiger partial charge on any atom is 0.194 e. The second-order valence-electron chi connectivity index (χ2n) is 6.24. The summed E-state index contributed by atoms with van der Waals surface area (Å²) in [6, 6.07) is 8.46. The number of nitrogens with one attached hydrogen (secondary N) is 1. The lowest BCUT2D eigenvalue weighted by molar-refractivity contribution is 0.373. The molecule has 0 amide bonds. The fraction of sp³-hybridized carbons (Fsp3) is 0.444. The SMILES string of the molecule is CN=C(NCc1ccnc(N(C)C)c1)N1CCN(c2cccs2)CC1.I. The normalized spacial score (nSPS) is 14.8. The molecule has 3 heterocycles. The highest BCUT2D eigenvalue weighted by Gasteiger charge is 2.20. The zero-order chi connectivity index (χ0) is 17.6. The summed E-state index contributed by atoms with van der Waals surface area (Å²) in [6.07, 6.45) is 1.86. The molecule has 0 aliphatic carbocycles. The van der Waals surface area contributed by atoms with Gasteiger partial charge in [0, 0.05) is 60.1 Å². The predicted octanol–water partition coefficient (Wildman–Crippen LogP) is 2.72. The molecule has 0 atom stereocenters. The molecule has 1 N–H and O–H groups in total. The van der Waals surface area contributed by atoms with Crippen molar-refractivity contribution in [3.8, 4) is 0 Å². The predicted molar refractivity (Wildman–Crippen MR) is 122 cm³/mol. The van der Waals surface area contributed by atoms with E-state index in [-0.39, 0.29) is 24.0 Å². The van der Waals surface area contributed by atoms with E-state index in [1.165, 1.54) is 10.6 Å². The van der Waals surface area contributed by atoms with Crippen molar-refractivity contribution >= 4 is 52.1 Å².